The summed E-state index contributed by atoms with van der Waals surface area (Å²) in [6.45, 7) is 7.16. The Hall–Kier alpha value is -0.610. The van der Waals surface area contributed by atoms with Crippen molar-refractivity contribution in [1.29, 1.82) is 0 Å². The minimum Gasteiger partial charge on any atom is -0.372 e. The molecule has 15 heavy (non-hydrogen) atoms. The van der Waals surface area contributed by atoms with Crippen LogP contribution in [0.5, 0.6) is 0 Å². The summed E-state index contributed by atoms with van der Waals surface area (Å²) in [5.74, 6) is 0.254. The van der Waals surface area contributed by atoms with Crippen molar-refractivity contribution in [2.24, 2.45) is 0 Å². The molecule has 0 aromatic heterocycles. The second kappa shape index (κ2) is 4.10. The van der Waals surface area contributed by atoms with Gasteiger partial charge in [0.25, 0.3) is 0 Å². The minimum atomic E-state index is -0.188. The van der Waals surface area contributed by atoms with Crippen LogP contribution in [-0.4, -0.2) is 48.7 Å². The predicted octanol–water partition coefficient (Wildman–Crippen LogP) is 0.376. The molecular weight excluding hydrogens is 192 g/mol. The summed E-state index contributed by atoms with van der Waals surface area (Å²) in [7, 11) is 0. The lowest BCUT2D eigenvalue weighted by Gasteiger charge is -2.39. The molecular formula is C11H20N2O2. The summed E-state index contributed by atoms with van der Waals surface area (Å²) in [5.41, 5.74) is -0.188. The van der Waals surface area contributed by atoms with E-state index in [4.69, 9.17) is 4.74 Å². The summed E-state index contributed by atoms with van der Waals surface area (Å²) in [6.07, 6.45) is 2.10. The van der Waals surface area contributed by atoms with Gasteiger partial charge in [-0.2, -0.15) is 0 Å². The first-order chi connectivity index (χ1) is 7.08. The number of carbonyl (C=O) groups is 1. The van der Waals surface area contributed by atoms with Crippen LogP contribution in [0.2, 0.25) is 0 Å². The third-order valence-electron chi connectivity index (χ3n) is 3.10. The molecule has 0 bridgehead atoms. The molecule has 86 valence electrons. The molecule has 4 heteroatoms. The number of morpholine rings is 1. The van der Waals surface area contributed by atoms with Crippen LogP contribution in [0.15, 0.2) is 0 Å². The Balaban J connectivity index is 1.94. The summed E-state index contributed by atoms with van der Waals surface area (Å²) < 4.78 is 5.59. The van der Waals surface area contributed by atoms with Crippen molar-refractivity contribution >= 4 is 5.91 Å². The lowest BCUT2D eigenvalue weighted by molar-refractivity contribution is -0.147. The van der Waals surface area contributed by atoms with Crippen molar-refractivity contribution in [2.75, 3.05) is 26.2 Å². The average Bonchev–Trinajstić information content (AvgIpc) is 2.67. The average molecular weight is 212 g/mol. The fraction of sp³-hybridized carbons (Fsp3) is 0.909. The third kappa shape index (κ3) is 2.49. The van der Waals surface area contributed by atoms with Crippen LogP contribution in [0.4, 0.5) is 0 Å². The number of amides is 1. The highest BCUT2D eigenvalue weighted by Gasteiger charge is 2.33. The number of hydrogen-bond acceptors (Lipinski definition) is 3. The van der Waals surface area contributed by atoms with Crippen LogP contribution in [0.25, 0.3) is 0 Å². The molecule has 0 unspecified atom stereocenters. The lowest BCUT2D eigenvalue weighted by atomic mass is 10.1. The summed E-state index contributed by atoms with van der Waals surface area (Å²) in [6, 6.07) is 0.0545. The standard InChI is InChI=1S/C11H20N2O2/c1-11(2)8-13(6-7-15-11)10(14)9-4-3-5-12-9/h9,12H,3-8H2,1-2H3/t9-/m1/s1. The molecule has 0 aromatic carbocycles. The fourth-order valence-corrected chi connectivity index (χ4v) is 2.32. The van der Waals surface area contributed by atoms with E-state index in [1.807, 2.05) is 18.7 Å². The second-order valence-corrected chi connectivity index (χ2v) is 5.02. The first kappa shape index (κ1) is 10.9. The Kier molecular flexibility index (Phi) is 2.98. The molecule has 1 amide bonds. The molecule has 2 aliphatic heterocycles. The van der Waals surface area contributed by atoms with Gasteiger partial charge in [-0.15, -0.1) is 0 Å². The Bertz CT molecular complexity index is 247. The van der Waals surface area contributed by atoms with Gasteiger partial charge in [0.05, 0.1) is 18.2 Å². The van der Waals surface area contributed by atoms with Crippen molar-refractivity contribution in [3.63, 3.8) is 0 Å². The van der Waals surface area contributed by atoms with Crippen molar-refractivity contribution in [2.45, 2.75) is 38.3 Å². The quantitative estimate of drug-likeness (QED) is 0.683. The third-order valence-corrected chi connectivity index (χ3v) is 3.10. The maximum Gasteiger partial charge on any atom is 0.239 e. The number of carbonyl (C=O) groups excluding carboxylic acids is 1. The highest BCUT2D eigenvalue weighted by atomic mass is 16.5. The van der Waals surface area contributed by atoms with Gasteiger partial charge in [-0.05, 0) is 33.2 Å². The molecule has 0 aliphatic carbocycles. The van der Waals surface area contributed by atoms with Crippen molar-refractivity contribution in [3.8, 4) is 0 Å². The van der Waals surface area contributed by atoms with E-state index in [0.717, 1.165) is 25.9 Å². The van der Waals surface area contributed by atoms with Gasteiger partial charge in [0.15, 0.2) is 0 Å². The fourth-order valence-electron chi connectivity index (χ4n) is 2.32. The van der Waals surface area contributed by atoms with E-state index in [2.05, 4.69) is 5.32 Å². The second-order valence-electron chi connectivity index (χ2n) is 5.02. The van der Waals surface area contributed by atoms with Crippen LogP contribution in [0.1, 0.15) is 26.7 Å². The lowest BCUT2D eigenvalue weighted by Crippen LogP contribution is -2.54. The van der Waals surface area contributed by atoms with Crippen LogP contribution >= 0.6 is 0 Å². The van der Waals surface area contributed by atoms with Gasteiger partial charge in [0.2, 0.25) is 5.91 Å². The summed E-state index contributed by atoms with van der Waals surface area (Å²) in [4.78, 5) is 14.0. The molecule has 2 rings (SSSR count). The van der Waals surface area contributed by atoms with Crippen molar-refractivity contribution < 1.29 is 9.53 Å². The number of ether oxygens (including phenoxy) is 1. The predicted molar refractivity (Wildman–Crippen MR) is 57.6 cm³/mol. The largest absolute Gasteiger partial charge is 0.372 e. The first-order valence-corrected chi connectivity index (χ1v) is 5.75. The van der Waals surface area contributed by atoms with Crippen LogP contribution < -0.4 is 5.32 Å². The normalized spacial score (nSPS) is 30.5. The summed E-state index contributed by atoms with van der Waals surface area (Å²) >= 11 is 0. The van der Waals surface area contributed by atoms with Crippen LogP contribution in [0, 0.1) is 0 Å². The molecule has 1 atom stereocenters. The van der Waals surface area contributed by atoms with E-state index in [0.29, 0.717) is 13.2 Å². The summed E-state index contributed by atoms with van der Waals surface area (Å²) in [5, 5.41) is 3.25. The highest BCUT2D eigenvalue weighted by Crippen LogP contribution is 2.18. The van der Waals surface area contributed by atoms with Crippen LogP contribution in [0.3, 0.4) is 0 Å². The van der Waals surface area contributed by atoms with Gasteiger partial charge in [-0.25, -0.2) is 0 Å². The molecule has 4 nitrogen and oxygen atoms in total. The van der Waals surface area contributed by atoms with Gasteiger partial charge >= 0.3 is 0 Å². The van der Waals surface area contributed by atoms with E-state index < -0.39 is 0 Å². The Labute approximate surface area is 91.0 Å². The van der Waals surface area contributed by atoms with Gasteiger partial charge in [0.1, 0.15) is 0 Å². The van der Waals surface area contributed by atoms with E-state index in [-0.39, 0.29) is 17.6 Å². The monoisotopic (exact) mass is 212 g/mol. The molecule has 2 heterocycles. The van der Waals surface area contributed by atoms with Crippen molar-refractivity contribution in [1.82, 2.24) is 10.2 Å². The molecule has 1 N–H and O–H groups in total. The zero-order valence-corrected chi connectivity index (χ0v) is 9.58. The van der Waals surface area contributed by atoms with E-state index >= 15 is 0 Å². The molecule has 0 radical (unpaired) electrons. The van der Waals surface area contributed by atoms with Crippen LogP contribution in [-0.2, 0) is 9.53 Å². The van der Waals surface area contributed by atoms with E-state index in [9.17, 15) is 4.79 Å². The number of nitrogens with zero attached hydrogens (tertiary/aromatic N) is 1. The number of nitrogens with one attached hydrogen (secondary N) is 1. The first-order valence-electron chi connectivity index (χ1n) is 5.75. The molecule has 0 spiro atoms. The van der Waals surface area contributed by atoms with Gasteiger partial charge in [0, 0.05) is 13.1 Å². The molecule has 2 fully saturated rings. The Morgan fingerprint density at radius 3 is 2.93 bits per heavy atom. The zero-order valence-electron chi connectivity index (χ0n) is 9.58. The molecule has 0 saturated carbocycles. The topological polar surface area (TPSA) is 41.6 Å². The highest BCUT2D eigenvalue weighted by molar-refractivity contribution is 5.82. The Morgan fingerprint density at radius 2 is 2.33 bits per heavy atom. The molecule has 2 saturated heterocycles. The van der Waals surface area contributed by atoms with Crippen molar-refractivity contribution in [3.05, 3.63) is 0 Å². The number of rotatable bonds is 1. The Morgan fingerprint density at radius 1 is 1.53 bits per heavy atom. The minimum absolute atomic E-state index is 0.0545. The zero-order chi connectivity index (χ0) is 10.9. The van der Waals surface area contributed by atoms with Gasteiger partial charge in [-0.3, -0.25) is 4.79 Å². The maximum atomic E-state index is 12.1. The number of hydrogen-bond donors (Lipinski definition) is 1. The van der Waals surface area contributed by atoms with Gasteiger partial charge < -0.3 is 15.0 Å². The SMILES string of the molecule is CC1(C)CN(C(=O)[C@H]2CCCN2)CCO1. The maximum absolute atomic E-state index is 12.1. The molecule has 2 aliphatic rings. The smallest absolute Gasteiger partial charge is 0.239 e. The van der Waals surface area contributed by atoms with Gasteiger partial charge in [-0.1, -0.05) is 0 Å². The van der Waals surface area contributed by atoms with E-state index in [1.54, 1.807) is 0 Å². The van der Waals surface area contributed by atoms with E-state index in [1.165, 1.54) is 0 Å². The molecule has 0 aromatic rings.